The third-order valence-corrected chi connectivity index (χ3v) is 6.26. The molecule has 0 N–H and O–H groups in total. The Bertz CT molecular complexity index is 897. The Kier molecular flexibility index (Phi) is 9.21. The summed E-state index contributed by atoms with van der Waals surface area (Å²) in [7, 11) is 1.58. The minimum Gasteiger partial charge on any atom is -0.497 e. The molecule has 0 saturated heterocycles. The van der Waals surface area contributed by atoms with Gasteiger partial charge >= 0.3 is 11.9 Å². The van der Waals surface area contributed by atoms with Crippen molar-refractivity contribution in [1.29, 1.82) is 0 Å². The van der Waals surface area contributed by atoms with Crippen molar-refractivity contribution in [2.24, 2.45) is 0 Å². The van der Waals surface area contributed by atoms with E-state index in [4.69, 9.17) is 23.7 Å². The SMILES string of the molecule is C/C=C(/OC)C(OC(=O)C(CCC)OC(C)=O)C1CN(CCC)CCc2cc3c(cc21)OCO3. The molecule has 188 valence electrons. The molecule has 3 unspecified atom stereocenters. The number of benzene rings is 1. The molecule has 8 nitrogen and oxygen atoms in total. The minimum atomic E-state index is -0.950. The highest BCUT2D eigenvalue weighted by atomic mass is 16.7. The molecular formula is C26H37NO7. The van der Waals surface area contributed by atoms with Crippen LogP contribution < -0.4 is 9.47 Å². The van der Waals surface area contributed by atoms with Gasteiger partial charge < -0.3 is 28.6 Å². The summed E-state index contributed by atoms with van der Waals surface area (Å²) < 4.78 is 28.4. The van der Waals surface area contributed by atoms with E-state index in [2.05, 4.69) is 11.8 Å². The molecule has 34 heavy (non-hydrogen) atoms. The van der Waals surface area contributed by atoms with Crippen LogP contribution in [0.15, 0.2) is 24.0 Å². The highest BCUT2D eigenvalue weighted by Gasteiger charge is 2.38. The van der Waals surface area contributed by atoms with Crippen LogP contribution in [-0.4, -0.2) is 62.6 Å². The van der Waals surface area contributed by atoms with Gasteiger partial charge in [-0.25, -0.2) is 4.79 Å². The Morgan fingerprint density at radius 1 is 1.18 bits per heavy atom. The Morgan fingerprint density at radius 3 is 2.53 bits per heavy atom. The third kappa shape index (κ3) is 6.03. The minimum absolute atomic E-state index is 0.197. The zero-order valence-electron chi connectivity index (χ0n) is 20.9. The van der Waals surface area contributed by atoms with Gasteiger partial charge in [0.2, 0.25) is 6.79 Å². The Balaban J connectivity index is 2.02. The number of fused-ring (bicyclic) bond motifs is 2. The molecule has 0 amide bonds. The lowest BCUT2D eigenvalue weighted by molar-refractivity contribution is -0.171. The maximum atomic E-state index is 13.2. The Hall–Kier alpha value is -2.74. The molecule has 0 fully saturated rings. The molecule has 0 aliphatic carbocycles. The van der Waals surface area contributed by atoms with Gasteiger partial charge in [-0.15, -0.1) is 0 Å². The molecule has 2 aliphatic heterocycles. The van der Waals surface area contributed by atoms with Gasteiger partial charge in [-0.05, 0) is 62.1 Å². The summed E-state index contributed by atoms with van der Waals surface area (Å²) in [5.41, 5.74) is 2.20. The van der Waals surface area contributed by atoms with E-state index in [0.29, 0.717) is 30.9 Å². The first kappa shape index (κ1) is 25.9. The summed E-state index contributed by atoms with van der Waals surface area (Å²) in [4.78, 5) is 27.2. The van der Waals surface area contributed by atoms with Crippen LogP contribution in [0.1, 0.15) is 64.0 Å². The van der Waals surface area contributed by atoms with Gasteiger partial charge in [-0.2, -0.15) is 0 Å². The van der Waals surface area contributed by atoms with Gasteiger partial charge in [0.25, 0.3) is 0 Å². The lowest BCUT2D eigenvalue weighted by atomic mass is 9.87. The van der Waals surface area contributed by atoms with Crippen molar-refractivity contribution in [3.63, 3.8) is 0 Å². The van der Waals surface area contributed by atoms with E-state index in [1.165, 1.54) is 6.92 Å². The predicted molar refractivity (Wildman–Crippen MR) is 127 cm³/mol. The topological polar surface area (TPSA) is 83.5 Å². The van der Waals surface area contributed by atoms with Crippen molar-refractivity contribution < 1.29 is 33.3 Å². The summed E-state index contributed by atoms with van der Waals surface area (Å²) in [5.74, 6) is 0.720. The average molecular weight is 476 g/mol. The van der Waals surface area contributed by atoms with Crippen LogP contribution in [0.3, 0.4) is 0 Å². The molecule has 0 saturated carbocycles. The standard InChI is InChI=1S/C26H37NO7/c1-6-9-22(33-17(4)28)26(29)34-25(21(8-3)30-5)20-15-27(11-7-2)12-10-18-13-23-24(14-19(18)20)32-16-31-23/h8,13-14,20,22,25H,6-7,9-12,15-16H2,1-5H3/b21-8+. The van der Waals surface area contributed by atoms with Crippen LogP contribution in [0.2, 0.25) is 0 Å². The highest BCUT2D eigenvalue weighted by molar-refractivity contribution is 5.79. The largest absolute Gasteiger partial charge is 0.497 e. The maximum absolute atomic E-state index is 13.2. The average Bonchev–Trinajstić information content (AvgIpc) is 3.19. The van der Waals surface area contributed by atoms with E-state index in [9.17, 15) is 9.59 Å². The molecule has 3 rings (SSSR count). The number of carbonyl (C=O) groups is 2. The second-order valence-corrected chi connectivity index (χ2v) is 8.70. The highest BCUT2D eigenvalue weighted by Crippen LogP contribution is 2.41. The van der Waals surface area contributed by atoms with Gasteiger partial charge in [0.05, 0.1) is 7.11 Å². The fourth-order valence-electron chi connectivity index (χ4n) is 4.71. The van der Waals surface area contributed by atoms with E-state index in [0.717, 1.165) is 42.8 Å². The number of esters is 2. The smallest absolute Gasteiger partial charge is 0.348 e. The number of nitrogens with zero attached hydrogens (tertiary/aromatic N) is 1. The molecule has 0 spiro atoms. The molecular weight excluding hydrogens is 438 g/mol. The predicted octanol–water partition coefficient (Wildman–Crippen LogP) is 3.96. The fourth-order valence-corrected chi connectivity index (χ4v) is 4.71. The number of rotatable bonds is 10. The Labute approximate surface area is 202 Å². The second kappa shape index (κ2) is 12.1. The molecule has 2 aliphatic rings. The number of methoxy groups -OCH3 is 1. The molecule has 8 heteroatoms. The van der Waals surface area contributed by atoms with Crippen molar-refractivity contribution in [2.45, 2.75) is 71.5 Å². The summed E-state index contributed by atoms with van der Waals surface area (Å²) in [6.07, 6.45) is 3.13. The van der Waals surface area contributed by atoms with Crippen LogP contribution in [0.25, 0.3) is 0 Å². The molecule has 1 aromatic rings. The van der Waals surface area contributed by atoms with E-state index < -0.39 is 24.1 Å². The van der Waals surface area contributed by atoms with Gasteiger partial charge in [-0.1, -0.05) is 20.3 Å². The molecule has 0 aromatic heterocycles. The molecule has 1 aromatic carbocycles. The Morgan fingerprint density at radius 2 is 1.91 bits per heavy atom. The first-order chi connectivity index (χ1) is 16.4. The van der Waals surface area contributed by atoms with Crippen LogP contribution >= 0.6 is 0 Å². The number of hydrogen-bond donors (Lipinski definition) is 0. The monoisotopic (exact) mass is 475 g/mol. The van der Waals surface area contributed by atoms with Gasteiger partial charge in [0, 0.05) is 25.9 Å². The third-order valence-electron chi connectivity index (χ3n) is 6.26. The summed E-state index contributed by atoms with van der Waals surface area (Å²) in [6.45, 7) is 9.95. The fraction of sp³-hybridized carbons (Fsp3) is 0.615. The lowest BCUT2D eigenvalue weighted by Gasteiger charge is -2.32. The number of ether oxygens (including phenoxy) is 5. The van der Waals surface area contributed by atoms with E-state index >= 15 is 0 Å². The zero-order chi connectivity index (χ0) is 24.7. The van der Waals surface area contributed by atoms with Crippen molar-refractivity contribution in [3.8, 4) is 11.5 Å². The summed E-state index contributed by atoms with van der Waals surface area (Å²) in [5, 5.41) is 0. The van der Waals surface area contributed by atoms with Crippen LogP contribution in [0, 0.1) is 0 Å². The molecule has 2 heterocycles. The summed E-state index contributed by atoms with van der Waals surface area (Å²) in [6, 6.07) is 4.05. The normalized spacial score (nSPS) is 19.6. The summed E-state index contributed by atoms with van der Waals surface area (Å²) >= 11 is 0. The lowest BCUT2D eigenvalue weighted by Crippen LogP contribution is -2.39. The number of carbonyl (C=O) groups excluding carboxylic acids is 2. The second-order valence-electron chi connectivity index (χ2n) is 8.70. The molecule has 0 bridgehead atoms. The quantitative estimate of drug-likeness (QED) is 0.371. The zero-order valence-corrected chi connectivity index (χ0v) is 20.9. The van der Waals surface area contributed by atoms with E-state index in [1.54, 1.807) is 7.11 Å². The van der Waals surface area contributed by atoms with Gasteiger partial charge in [0.15, 0.2) is 23.7 Å². The van der Waals surface area contributed by atoms with Crippen molar-refractivity contribution in [1.82, 2.24) is 4.90 Å². The maximum Gasteiger partial charge on any atom is 0.348 e. The molecule has 3 atom stereocenters. The molecule has 0 radical (unpaired) electrons. The number of allylic oxidation sites excluding steroid dienone is 1. The van der Waals surface area contributed by atoms with E-state index in [-0.39, 0.29) is 12.7 Å². The van der Waals surface area contributed by atoms with Crippen molar-refractivity contribution >= 4 is 11.9 Å². The number of hydrogen-bond acceptors (Lipinski definition) is 8. The van der Waals surface area contributed by atoms with Crippen molar-refractivity contribution in [2.75, 3.05) is 33.5 Å². The first-order valence-corrected chi connectivity index (χ1v) is 12.1. The van der Waals surface area contributed by atoms with Crippen LogP contribution in [-0.2, 0) is 30.2 Å². The van der Waals surface area contributed by atoms with Crippen LogP contribution in [0.5, 0.6) is 11.5 Å². The first-order valence-electron chi connectivity index (χ1n) is 12.1. The van der Waals surface area contributed by atoms with Crippen LogP contribution in [0.4, 0.5) is 0 Å². The van der Waals surface area contributed by atoms with E-state index in [1.807, 2.05) is 32.1 Å². The van der Waals surface area contributed by atoms with Crippen molar-refractivity contribution in [3.05, 3.63) is 35.1 Å². The van der Waals surface area contributed by atoms with Gasteiger partial charge in [0.1, 0.15) is 5.76 Å². The van der Waals surface area contributed by atoms with Gasteiger partial charge in [-0.3, -0.25) is 4.79 Å².